The van der Waals surface area contributed by atoms with Gasteiger partial charge in [-0.1, -0.05) is 69.5 Å². The minimum absolute atomic E-state index is 0.0674. The molecule has 2 aromatic rings. The fraction of sp³-hybridized carbons (Fsp3) is 0.481. The predicted molar refractivity (Wildman–Crippen MR) is 135 cm³/mol. The van der Waals surface area contributed by atoms with Crippen LogP contribution in [0.25, 0.3) is 0 Å². The summed E-state index contributed by atoms with van der Waals surface area (Å²) in [6.07, 6.45) is 7.03. The quantitative estimate of drug-likeness (QED) is 0.445. The number of nitrogens with one attached hydrogen (secondary N) is 1. The number of aryl methyl sites for hydroxylation is 1. The molecule has 5 nitrogen and oxygen atoms in total. The highest BCUT2D eigenvalue weighted by atomic mass is 79.9. The lowest BCUT2D eigenvalue weighted by molar-refractivity contribution is -0.143. The van der Waals surface area contributed by atoms with E-state index in [1.807, 2.05) is 55.5 Å². The third-order valence-corrected chi connectivity index (χ3v) is 6.91. The van der Waals surface area contributed by atoms with E-state index in [0.29, 0.717) is 18.7 Å². The zero-order valence-corrected chi connectivity index (χ0v) is 21.3. The molecular formula is C27H35BrN2O3. The Morgan fingerprint density at radius 3 is 2.42 bits per heavy atom. The van der Waals surface area contributed by atoms with Gasteiger partial charge in [-0.15, -0.1) is 0 Å². The van der Waals surface area contributed by atoms with Crippen LogP contribution in [-0.4, -0.2) is 35.4 Å². The average molecular weight is 515 g/mol. The van der Waals surface area contributed by atoms with E-state index >= 15 is 0 Å². The Morgan fingerprint density at radius 2 is 1.79 bits per heavy atom. The molecule has 1 aliphatic rings. The minimum Gasteiger partial charge on any atom is -0.483 e. The summed E-state index contributed by atoms with van der Waals surface area (Å²) >= 11 is 3.54. The molecule has 2 amide bonds. The first-order valence-electron chi connectivity index (χ1n) is 12.1. The molecular weight excluding hydrogens is 480 g/mol. The van der Waals surface area contributed by atoms with Crippen LogP contribution in [0.5, 0.6) is 5.75 Å². The van der Waals surface area contributed by atoms with Crippen molar-refractivity contribution in [1.82, 2.24) is 10.2 Å². The number of benzene rings is 2. The number of carbonyl (C=O) groups is 2. The Hall–Kier alpha value is -2.34. The molecule has 2 aromatic carbocycles. The lowest BCUT2D eigenvalue weighted by Crippen LogP contribution is -2.52. The summed E-state index contributed by atoms with van der Waals surface area (Å²) in [5.41, 5.74) is 2.18. The standard InChI is InChI=1S/C27H35BrN2O3/c1-3-20-15-16-25(23(28)17-20)33-19-26(31)30(18-21-11-7-5-8-12-21)24(4-2)27(32)29-22-13-9-6-10-14-22/h5,7-8,11-12,15-17,22,24H,3-4,6,9-10,13-14,18-19H2,1-2H3,(H,29,32). The highest BCUT2D eigenvalue weighted by Crippen LogP contribution is 2.26. The predicted octanol–water partition coefficient (Wildman–Crippen LogP) is 5.65. The molecule has 1 saturated carbocycles. The van der Waals surface area contributed by atoms with Gasteiger partial charge >= 0.3 is 0 Å². The summed E-state index contributed by atoms with van der Waals surface area (Å²) in [6.45, 7) is 4.30. The molecule has 6 heteroatoms. The number of nitrogens with zero attached hydrogens (tertiary/aromatic N) is 1. The van der Waals surface area contributed by atoms with Crippen molar-refractivity contribution in [3.8, 4) is 5.75 Å². The molecule has 0 aromatic heterocycles. The maximum atomic E-state index is 13.4. The second-order valence-corrected chi connectivity index (χ2v) is 9.54. The van der Waals surface area contributed by atoms with Gasteiger partial charge in [-0.2, -0.15) is 0 Å². The monoisotopic (exact) mass is 514 g/mol. The highest BCUT2D eigenvalue weighted by molar-refractivity contribution is 9.10. The fourth-order valence-electron chi connectivity index (χ4n) is 4.35. The van der Waals surface area contributed by atoms with Crippen molar-refractivity contribution < 1.29 is 14.3 Å². The molecule has 1 aliphatic carbocycles. The van der Waals surface area contributed by atoms with E-state index in [2.05, 4.69) is 28.2 Å². The highest BCUT2D eigenvalue weighted by Gasteiger charge is 2.30. The van der Waals surface area contributed by atoms with Crippen LogP contribution in [-0.2, 0) is 22.6 Å². The molecule has 0 bridgehead atoms. The Balaban J connectivity index is 1.74. The summed E-state index contributed by atoms with van der Waals surface area (Å²) in [6, 6.07) is 15.4. The summed E-state index contributed by atoms with van der Waals surface area (Å²) in [5, 5.41) is 3.21. The molecule has 0 heterocycles. The Morgan fingerprint density at radius 1 is 1.06 bits per heavy atom. The molecule has 1 fully saturated rings. The summed E-state index contributed by atoms with van der Waals surface area (Å²) in [7, 11) is 0. The van der Waals surface area contributed by atoms with E-state index < -0.39 is 6.04 Å². The number of carbonyl (C=O) groups excluding carboxylic acids is 2. The Labute approximate surface area is 206 Å². The maximum Gasteiger partial charge on any atom is 0.261 e. The number of halogens is 1. The molecule has 0 spiro atoms. The van der Waals surface area contributed by atoms with Gasteiger partial charge in [0.15, 0.2) is 6.61 Å². The van der Waals surface area contributed by atoms with Gasteiger partial charge in [0.1, 0.15) is 11.8 Å². The molecule has 1 N–H and O–H groups in total. The van der Waals surface area contributed by atoms with Crippen LogP contribution in [0, 0.1) is 0 Å². The second-order valence-electron chi connectivity index (χ2n) is 8.68. The first kappa shape index (κ1) is 25.3. The molecule has 1 unspecified atom stereocenters. The molecule has 178 valence electrons. The first-order chi connectivity index (χ1) is 16.0. The molecule has 1 atom stereocenters. The van der Waals surface area contributed by atoms with Crippen molar-refractivity contribution in [3.63, 3.8) is 0 Å². The number of hydrogen-bond donors (Lipinski definition) is 1. The van der Waals surface area contributed by atoms with Crippen LogP contribution in [0.15, 0.2) is 53.0 Å². The van der Waals surface area contributed by atoms with Crippen molar-refractivity contribution in [3.05, 3.63) is 64.1 Å². The average Bonchev–Trinajstić information content (AvgIpc) is 2.84. The molecule has 0 aliphatic heterocycles. The molecule has 33 heavy (non-hydrogen) atoms. The van der Waals surface area contributed by atoms with E-state index in [-0.39, 0.29) is 24.5 Å². The van der Waals surface area contributed by atoms with E-state index in [4.69, 9.17) is 4.74 Å². The summed E-state index contributed by atoms with van der Waals surface area (Å²) < 4.78 is 6.70. The van der Waals surface area contributed by atoms with E-state index in [1.54, 1.807) is 4.90 Å². The lowest BCUT2D eigenvalue weighted by atomic mass is 9.95. The van der Waals surface area contributed by atoms with Gasteiger partial charge in [0.2, 0.25) is 5.91 Å². The van der Waals surface area contributed by atoms with Crippen molar-refractivity contribution in [2.24, 2.45) is 0 Å². The van der Waals surface area contributed by atoms with Crippen LogP contribution in [0.2, 0.25) is 0 Å². The van der Waals surface area contributed by atoms with Crippen LogP contribution in [0.1, 0.15) is 63.5 Å². The van der Waals surface area contributed by atoms with Gasteiger partial charge in [0.05, 0.1) is 4.47 Å². The first-order valence-corrected chi connectivity index (χ1v) is 12.9. The maximum absolute atomic E-state index is 13.4. The van der Waals surface area contributed by atoms with Gasteiger partial charge in [0, 0.05) is 12.6 Å². The van der Waals surface area contributed by atoms with Crippen molar-refractivity contribution in [2.45, 2.75) is 77.4 Å². The van der Waals surface area contributed by atoms with Crippen molar-refractivity contribution in [1.29, 1.82) is 0 Å². The topological polar surface area (TPSA) is 58.6 Å². The number of amides is 2. The SMILES string of the molecule is CCc1ccc(OCC(=O)N(Cc2ccccc2)C(CC)C(=O)NC2CCCCC2)c(Br)c1. The van der Waals surface area contributed by atoms with Gasteiger partial charge < -0.3 is 15.0 Å². The van der Waals surface area contributed by atoms with E-state index in [1.165, 1.54) is 12.0 Å². The number of ether oxygens (including phenoxy) is 1. The Bertz CT molecular complexity index is 913. The van der Waals surface area contributed by atoms with Crippen LogP contribution < -0.4 is 10.1 Å². The second kappa shape index (κ2) is 12.8. The normalized spacial score (nSPS) is 15.0. The zero-order chi connectivity index (χ0) is 23.6. The van der Waals surface area contributed by atoms with Gasteiger partial charge in [-0.05, 0) is 64.9 Å². The van der Waals surface area contributed by atoms with Gasteiger partial charge in [0.25, 0.3) is 5.91 Å². The van der Waals surface area contributed by atoms with Crippen LogP contribution in [0.3, 0.4) is 0 Å². The number of hydrogen-bond acceptors (Lipinski definition) is 3. The minimum atomic E-state index is -0.533. The summed E-state index contributed by atoms with van der Waals surface area (Å²) in [5.74, 6) is 0.359. The van der Waals surface area contributed by atoms with Gasteiger partial charge in [-0.3, -0.25) is 9.59 Å². The molecule has 3 rings (SSSR count). The van der Waals surface area contributed by atoms with Crippen molar-refractivity contribution in [2.75, 3.05) is 6.61 Å². The van der Waals surface area contributed by atoms with E-state index in [9.17, 15) is 9.59 Å². The smallest absolute Gasteiger partial charge is 0.261 e. The van der Waals surface area contributed by atoms with E-state index in [0.717, 1.165) is 42.1 Å². The van der Waals surface area contributed by atoms with Crippen LogP contribution in [0.4, 0.5) is 0 Å². The lowest BCUT2D eigenvalue weighted by Gasteiger charge is -2.32. The number of rotatable bonds is 10. The third kappa shape index (κ3) is 7.32. The Kier molecular flexibility index (Phi) is 9.79. The van der Waals surface area contributed by atoms with Gasteiger partial charge in [-0.25, -0.2) is 0 Å². The largest absolute Gasteiger partial charge is 0.483 e. The summed E-state index contributed by atoms with van der Waals surface area (Å²) in [4.78, 5) is 28.3. The molecule has 0 radical (unpaired) electrons. The zero-order valence-electron chi connectivity index (χ0n) is 19.7. The molecule has 0 saturated heterocycles. The third-order valence-electron chi connectivity index (χ3n) is 6.29. The van der Waals surface area contributed by atoms with Crippen molar-refractivity contribution >= 4 is 27.7 Å². The van der Waals surface area contributed by atoms with Crippen LogP contribution >= 0.6 is 15.9 Å². The fourth-order valence-corrected chi connectivity index (χ4v) is 4.89.